The van der Waals surface area contributed by atoms with Crippen molar-refractivity contribution >= 4 is 0 Å². The molecule has 0 radical (unpaired) electrons. The molecule has 2 atom stereocenters. The van der Waals surface area contributed by atoms with Gasteiger partial charge < -0.3 is 10.2 Å². The molecule has 2 N–H and O–H groups in total. The van der Waals surface area contributed by atoms with E-state index in [4.69, 9.17) is 0 Å². The van der Waals surface area contributed by atoms with Crippen molar-refractivity contribution in [3.8, 4) is 0 Å². The molecule has 3 nitrogen and oxygen atoms in total. The van der Waals surface area contributed by atoms with Crippen LogP contribution < -0.4 is 0 Å². The molecule has 0 aliphatic carbocycles. The van der Waals surface area contributed by atoms with Gasteiger partial charge in [-0.3, -0.25) is 4.90 Å². The van der Waals surface area contributed by atoms with Crippen LogP contribution in [0.15, 0.2) is 0 Å². The van der Waals surface area contributed by atoms with Crippen molar-refractivity contribution in [3.63, 3.8) is 0 Å². The predicted octanol–water partition coefficient (Wildman–Crippen LogP) is 1.88. The van der Waals surface area contributed by atoms with Crippen molar-refractivity contribution in [3.05, 3.63) is 0 Å². The van der Waals surface area contributed by atoms with Gasteiger partial charge in [0.15, 0.2) is 0 Å². The van der Waals surface area contributed by atoms with E-state index >= 15 is 0 Å². The lowest BCUT2D eigenvalue weighted by molar-refractivity contribution is 0.00854. The third-order valence-corrected chi connectivity index (χ3v) is 3.64. The molecule has 98 valence electrons. The van der Waals surface area contributed by atoms with Gasteiger partial charge in [0.2, 0.25) is 0 Å². The first-order chi connectivity index (χ1) is 7.44. The lowest BCUT2D eigenvalue weighted by Crippen LogP contribution is -2.48. The van der Waals surface area contributed by atoms with Crippen molar-refractivity contribution in [2.45, 2.75) is 59.5 Å². The van der Waals surface area contributed by atoms with E-state index < -0.39 is 5.41 Å². The Morgan fingerprint density at radius 2 is 1.38 bits per heavy atom. The second kappa shape index (κ2) is 7.25. The van der Waals surface area contributed by atoms with Gasteiger partial charge >= 0.3 is 0 Å². The first-order valence-electron chi connectivity index (χ1n) is 6.41. The molecule has 2 unspecified atom stereocenters. The van der Waals surface area contributed by atoms with E-state index in [0.717, 1.165) is 19.4 Å². The molecule has 0 aliphatic rings. The van der Waals surface area contributed by atoms with Crippen LogP contribution in [0.25, 0.3) is 0 Å². The largest absolute Gasteiger partial charge is 0.396 e. The minimum Gasteiger partial charge on any atom is -0.396 e. The van der Waals surface area contributed by atoms with Crippen LogP contribution in [0.5, 0.6) is 0 Å². The summed E-state index contributed by atoms with van der Waals surface area (Å²) in [5.74, 6) is 0. The highest BCUT2D eigenvalue weighted by atomic mass is 16.3. The van der Waals surface area contributed by atoms with Gasteiger partial charge in [0, 0.05) is 24.0 Å². The maximum Gasteiger partial charge on any atom is 0.0519 e. The summed E-state index contributed by atoms with van der Waals surface area (Å²) in [6, 6.07) is 0.986. The minimum absolute atomic E-state index is 0.0346. The zero-order valence-electron chi connectivity index (χ0n) is 11.5. The summed E-state index contributed by atoms with van der Waals surface area (Å²) in [4.78, 5) is 2.40. The smallest absolute Gasteiger partial charge is 0.0519 e. The Kier molecular flexibility index (Phi) is 7.20. The Hall–Kier alpha value is -0.120. The Labute approximate surface area is 100 Å². The SMILES string of the molecule is CCC(C)N(CC(C)(CO)CO)C(C)CC. The van der Waals surface area contributed by atoms with E-state index in [0.29, 0.717) is 12.1 Å². The van der Waals surface area contributed by atoms with Crippen LogP contribution in [0.2, 0.25) is 0 Å². The number of hydrogen-bond donors (Lipinski definition) is 2. The summed E-state index contributed by atoms with van der Waals surface area (Å²) in [5.41, 5.74) is -0.396. The monoisotopic (exact) mass is 231 g/mol. The Morgan fingerprint density at radius 3 is 1.62 bits per heavy atom. The zero-order chi connectivity index (χ0) is 12.8. The molecule has 0 saturated heterocycles. The molecule has 0 aromatic rings. The molecule has 0 rings (SSSR count). The van der Waals surface area contributed by atoms with Crippen molar-refractivity contribution in [1.82, 2.24) is 4.90 Å². The molecule has 16 heavy (non-hydrogen) atoms. The molecular weight excluding hydrogens is 202 g/mol. The first kappa shape index (κ1) is 15.9. The molecule has 0 bridgehead atoms. The van der Waals surface area contributed by atoms with Crippen molar-refractivity contribution in [1.29, 1.82) is 0 Å². The third kappa shape index (κ3) is 4.40. The fourth-order valence-electron chi connectivity index (χ4n) is 1.81. The van der Waals surface area contributed by atoms with Gasteiger partial charge in [-0.15, -0.1) is 0 Å². The number of hydrogen-bond acceptors (Lipinski definition) is 3. The summed E-state index contributed by atoms with van der Waals surface area (Å²) in [5, 5.41) is 18.7. The van der Waals surface area contributed by atoms with Gasteiger partial charge in [-0.1, -0.05) is 20.8 Å². The topological polar surface area (TPSA) is 43.7 Å². The van der Waals surface area contributed by atoms with Crippen LogP contribution in [0.4, 0.5) is 0 Å². The highest BCUT2D eigenvalue weighted by Crippen LogP contribution is 2.21. The van der Waals surface area contributed by atoms with Crippen molar-refractivity contribution in [2.24, 2.45) is 5.41 Å². The number of aliphatic hydroxyl groups excluding tert-OH is 2. The van der Waals surface area contributed by atoms with E-state index in [1.807, 2.05) is 6.92 Å². The number of aliphatic hydroxyl groups is 2. The fraction of sp³-hybridized carbons (Fsp3) is 1.00. The van der Waals surface area contributed by atoms with Gasteiger partial charge in [-0.25, -0.2) is 0 Å². The van der Waals surface area contributed by atoms with E-state index in [2.05, 4.69) is 32.6 Å². The van der Waals surface area contributed by atoms with Gasteiger partial charge in [0.25, 0.3) is 0 Å². The highest BCUT2D eigenvalue weighted by molar-refractivity contribution is 4.82. The molecule has 3 heteroatoms. The first-order valence-corrected chi connectivity index (χ1v) is 6.41. The summed E-state index contributed by atoms with van der Waals surface area (Å²) in [6.07, 6.45) is 2.19. The van der Waals surface area contributed by atoms with Crippen molar-refractivity contribution < 1.29 is 10.2 Å². The summed E-state index contributed by atoms with van der Waals surface area (Å²) in [6.45, 7) is 11.5. The second-order valence-electron chi connectivity index (χ2n) is 5.31. The maximum absolute atomic E-state index is 9.36. The summed E-state index contributed by atoms with van der Waals surface area (Å²) in [7, 11) is 0. The average molecular weight is 231 g/mol. The Bertz CT molecular complexity index is 171. The predicted molar refractivity (Wildman–Crippen MR) is 68.5 cm³/mol. The molecule has 0 fully saturated rings. The Balaban J connectivity index is 4.65. The standard InChI is InChI=1S/C13H29NO2/c1-6-11(3)14(12(4)7-2)8-13(5,9-15)10-16/h11-12,15-16H,6-10H2,1-5H3. The lowest BCUT2D eigenvalue weighted by atomic mass is 9.90. The Morgan fingerprint density at radius 1 is 1.00 bits per heavy atom. The average Bonchev–Trinajstić information content (AvgIpc) is 2.33. The highest BCUT2D eigenvalue weighted by Gasteiger charge is 2.29. The molecular formula is C13H29NO2. The summed E-state index contributed by atoms with van der Waals surface area (Å²) < 4.78 is 0. The maximum atomic E-state index is 9.36. The fourth-order valence-corrected chi connectivity index (χ4v) is 1.81. The van der Waals surface area contributed by atoms with Crippen LogP contribution in [0.3, 0.4) is 0 Å². The molecule has 0 spiro atoms. The van der Waals surface area contributed by atoms with E-state index in [9.17, 15) is 10.2 Å². The van der Waals surface area contributed by atoms with Gasteiger partial charge in [0.05, 0.1) is 13.2 Å². The van der Waals surface area contributed by atoms with Gasteiger partial charge in [-0.05, 0) is 26.7 Å². The van der Waals surface area contributed by atoms with E-state index in [1.165, 1.54) is 0 Å². The van der Waals surface area contributed by atoms with Crippen LogP contribution in [0, 0.1) is 5.41 Å². The minimum atomic E-state index is -0.396. The lowest BCUT2D eigenvalue weighted by Gasteiger charge is -2.40. The number of rotatable bonds is 8. The molecule has 0 amide bonds. The molecule has 0 aromatic heterocycles. The van der Waals surface area contributed by atoms with E-state index in [1.54, 1.807) is 0 Å². The molecule has 0 saturated carbocycles. The zero-order valence-corrected chi connectivity index (χ0v) is 11.5. The van der Waals surface area contributed by atoms with Crippen LogP contribution in [-0.2, 0) is 0 Å². The summed E-state index contributed by atoms with van der Waals surface area (Å²) >= 11 is 0. The van der Waals surface area contributed by atoms with Crippen LogP contribution in [-0.4, -0.2) is 47.0 Å². The number of nitrogens with zero attached hydrogens (tertiary/aromatic N) is 1. The van der Waals surface area contributed by atoms with Crippen LogP contribution >= 0.6 is 0 Å². The molecule has 0 heterocycles. The van der Waals surface area contributed by atoms with Crippen molar-refractivity contribution in [2.75, 3.05) is 19.8 Å². The van der Waals surface area contributed by atoms with Crippen LogP contribution in [0.1, 0.15) is 47.5 Å². The third-order valence-electron chi connectivity index (χ3n) is 3.64. The second-order valence-corrected chi connectivity index (χ2v) is 5.31. The quantitative estimate of drug-likeness (QED) is 0.670. The van der Waals surface area contributed by atoms with Gasteiger partial charge in [-0.2, -0.15) is 0 Å². The van der Waals surface area contributed by atoms with Gasteiger partial charge in [0.1, 0.15) is 0 Å². The van der Waals surface area contributed by atoms with E-state index in [-0.39, 0.29) is 13.2 Å². The molecule has 0 aliphatic heterocycles. The normalized spacial score (nSPS) is 16.5. The molecule has 0 aromatic carbocycles.